The predicted octanol–water partition coefficient (Wildman–Crippen LogP) is 2.92. The quantitative estimate of drug-likeness (QED) is 0.871. The summed E-state index contributed by atoms with van der Waals surface area (Å²) in [7, 11) is 0. The minimum atomic E-state index is 0.132. The molecule has 2 heterocycles. The maximum absolute atomic E-state index is 6.34. The Hall–Kier alpha value is -1.20. The Balaban J connectivity index is 2.17. The SMILES string of the molecule is Cc1nnc(-n2c(C)cc3c2CC(C)(C)CC3N)s1. The molecule has 4 nitrogen and oxygen atoms in total. The molecular formula is C14H20N4S. The summed E-state index contributed by atoms with van der Waals surface area (Å²) in [4.78, 5) is 0. The molecule has 0 radical (unpaired) electrons. The van der Waals surface area contributed by atoms with Crippen molar-refractivity contribution in [1.82, 2.24) is 14.8 Å². The van der Waals surface area contributed by atoms with Crippen LogP contribution in [0.4, 0.5) is 0 Å². The van der Waals surface area contributed by atoms with E-state index < -0.39 is 0 Å². The fourth-order valence-corrected chi connectivity index (χ4v) is 3.86. The summed E-state index contributed by atoms with van der Waals surface area (Å²) in [6.45, 7) is 8.68. The summed E-state index contributed by atoms with van der Waals surface area (Å²) < 4.78 is 2.24. The van der Waals surface area contributed by atoms with Crippen LogP contribution in [0.5, 0.6) is 0 Å². The lowest BCUT2D eigenvalue weighted by Crippen LogP contribution is -2.30. The van der Waals surface area contributed by atoms with Crippen LogP contribution in [-0.4, -0.2) is 14.8 Å². The van der Waals surface area contributed by atoms with Gasteiger partial charge in [-0.05, 0) is 43.7 Å². The van der Waals surface area contributed by atoms with E-state index in [1.807, 2.05) is 6.92 Å². The number of fused-ring (bicyclic) bond motifs is 1. The van der Waals surface area contributed by atoms with Crippen molar-refractivity contribution in [2.24, 2.45) is 11.1 Å². The number of rotatable bonds is 1. The van der Waals surface area contributed by atoms with E-state index in [4.69, 9.17) is 5.73 Å². The van der Waals surface area contributed by atoms with E-state index in [1.165, 1.54) is 17.0 Å². The van der Waals surface area contributed by atoms with Crippen LogP contribution in [0.15, 0.2) is 6.07 Å². The van der Waals surface area contributed by atoms with Gasteiger partial charge in [-0.1, -0.05) is 25.2 Å². The zero-order valence-electron chi connectivity index (χ0n) is 11.9. The molecule has 1 aliphatic rings. The van der Waals surface area contributed by atoms with Crippen LogP contribution < -0.4 is 5.73 Å². The van der Waals surface area contributed by atoms with E-state index in [-0.39, 0.29) is 11.5 Å². The fraction of sp³-hybridized carbons (Fsp3) is 0.571. The minimum absolute atomic E-state index is 0.132. The third kappa shape index (κ3) is 2.11. The van der Waals surface area contributed by atoms with Gasteiger partial charge in [0.2, 0.25) is 5.13 Å². The number of nitrogens with two attached hydrogens (primary N) is 1. The van der Waals surface area contributed by atoms with Gasteiger partial charge in [0.25, 0.3) is 0 Å². The normalized spacial score (nSPS) is 21.4. The Bertz CT molecular complexity index is 623. The van der Waals surface area contributed by atoms with Crippen LogP contribution in [0.2, 0.25) is 0 Å². The van der Waals surface area contributed by atoms with Crippen LogP contribution in [0.1, 0.15) is 48.3 Å². The smallest absolute Gasteiger partial charge is 0.216 e. The lowest BCUT2D eigenvalue weighted by Gasteiger charge is -2.34. The first-order valence-electron chi connectivity index (χ1n) is 6.64. The van der Waals surface area contributed by atoms with Crippen LogP contribution in [0, 0.1) is 19.3 Å². The molecule has 1 atom stereocenters. The number of aryl methyl sites for hydroxylation is 2. The van der Waals surface area contributed by atoms with Crippen LogP contribution in [0.25, 0.3) is 5.13 Å². The van der Waals surface area contributed by atoms with Crippen LogP contribution in [0.3, 0.4) is 0 Å². The molecule has 2 aromatic heterocycles. The van der Waals surface area contributed by atoms with Gasteiger partial charge in [0.1, 0.15) is 5.01 Å². The average molecular weight is 276 g/mol. The second-order valence-electron chi connectivity index (χ2n) is 6.28. The molecular weight excluding hydrogens is 256 g/mol. The monoisotopic (exact) mass is 276 g/mol. The number of nitrogens with zero attached hydrogens (tertiary/aromatic N) is 3. The third-order valence-electron chi connectivity index (χ3n) is 3.84. The van der Waals surface area contributed by atoms with Crippen molar-refractivity contribution < 1.29 is 0 Å². The Morgan fingerprint density at radius 2 is 2.11 bits per heavy atom. The zero-order valence-corrected chi connectivity index (χ0v) is 12.7. The first-order valence-corrected chi connectivity index (χ1v) is 7.46. The first-order chi connectivity index (χ1) is 8.87. The van der Waals surface area contributed by atoms with Crippen LogP contribution >= 0.6 is 11.3 Å². The van der Waals surface area contributed by atoms with Crippen molar-refractivity contribution in [1.29, 1.82) is 0 Å². The van der Waals surface area contributed by atoms with Crippen LogP contribution in [-0.2, 0) is 6.42 Å². The van der Waals surface area contributed by atoms with E-state index in [9.17, 15) is 0 Å². The van der Waals surface area contributed by atoms with Gasteiger partial charge in [0.15, 0.2) is 0 Å². The minimum Gasteiger partial charge on any atom is -0.324 e. The number of hydrogen-bond donors (Lipinski definition) is 1. The summed E-state index contributed by atoms with van der Waals surface area (Å²) in [5.74, 6) is 0. The van der Waals surface area contributed by atoms with E-state index in [2.05, 4.69) is 41.6 Å². The molecule has 102 valence electrons. The molecule has 1 aliphatic carbocycles. The molecule has 1 unspecified atom stereocenters. The van der Waals surface area contributed by atoms with Crippen molar-refractivity contribution in [2.75, 3.05) is 0 Å². The zero-order chi connectivity index (χ0) is 13.8. The van der Waals surface area contributed by atoms with E-state index >= 15 is 0 Å². The Labute approximate surface area is 117 Å². The van der Waals surface area contributed by atoms with Gasteiger partial charge in [0.05, 0.1) is 0 Å². The summed E-state index contributed by atoms with van der Waals surface area (Å²) in [6, 6.07) is 2.35. The van der Waals surface area contributed by atoms with Crippen molar-refractivity contribution in [3.05, 3.63) is 28.0 Å². The average Bonchev–Trinajstić information content (AvgIpc) is 2.81. The highest BCUT2D eigenvalue weighted by Gasteiger charge is 2.34. The van der Waals surface area contributed by atoms with E-state index in [1.54, 1.807) is 11.3 Å². The van der Waals surface area contributed by atoms with E-state index in [0.717, 1.165) is 23.0 Å². The van der Waals surface area contributed by atoms with Gasteiger partial charge < -0.3 is 5.73 Å². The Morgan fingerprint density at radius 1 is 1.37 bits per heavy atom. The van der Waals surface area contributed by atoms with Crippen molar-refractivity contribution in [2.45, 2.75) is 46.6 Å². The molecule has 0 saturated carbocycles. The third-order valence-corrected chi connectivity index (χ3v) is 4.67. The number of aromatic nitrogens is 3. The molecule has 19 heavy (non-hydrogen) atoms. The molecule has 2 aromatic rings. The lowest BCUT2D eigenvalue weighted by atomic mass is 9.74. The van der Waals surface area contributed by atoms with Crippen molar-refractivity contribution >= 4 is 11.3 Å². The fourth-order valence-electron chi connectivity index (χ4n) is 3.09. The molecule has 3 rings (SSSR count). The number of hydrogen-bond acceptors (Lipinski definition) is 4. The molecule has 0 fully saturated rings. The molecule has 0 aliphatic heterocycles. The first kappa shape index (κ1) is 12.8. The highest BCUT2D eigenvalue weighted by molar-refractivity contribution is 7.13. The Morgan fingerprint density at radius 3 is 2.74 bits per heavy atom. The molecule has 0 aromatic carbocycles. The van der Waals surface area contributed by atoms with E-state index in [0.29, 0.717) is 0 Å². The summed E-state index contributed by atoms with van der Waals surface area (Å²) >= 11 is 1.63. The molecule has 0 amide bonds. The lowest BCUT2D eigenvalue weighted by molar-refractivity contribution is 0.278. The van der Waals surface area contributed by atoms with Crippen molar-refractivity contribution in [3.63, 3.8) is 0 Å². The molecule has 0 saturated heterocycles. The molecule has 0 bridgehead atoms. The maximum atomic E-state index is 6.34. The Kier molecular flexibility index (Phi) is 2.80. The molecule has 0 spiro atoms. The van der Waals surface area contributed by atoms with Gasteiger partial charge in [-0.15, -0.1) is 10.2 Å². The summed E-state index contributed by atoms with van der Waals surface area (Å²) in [5.41, 5.74) is 10.4. The second kappa shape index (κ2) is 4.15. The molecule has 5 heteroatoms. The van der Waals surface area contributed by atoms with Gasteiger partial charge in [-0.25, -0.2) is 0 Å². The summed E-state index contributed by atoms with van der Waals surface area (Å²) in [5, 5.41) is 10.4. The molecule has 2 N–H and O–H groups in total. The van der Waals surface area contributed by atoms with Crippen molar-refractivity contribution in [3.8, 4) is 5.13 Å². The topological polar surface area (TPSA) is 56.7 Å². The highest BCUT2D eigenvalue weighted by Crippen LogP contribution is 2.41. The van der Waals surface area contributed by atoms with Gasteiger partial charge in [0, 0.05) is 17.4 Å². The summed E-state index contributed by atoms with van der Waals surface area (Å²) in [6.07, 6.45) is 2.08. The second-order valence-corrected chi connectivity index (χ2v) is 7.44. The maximum Gasteiger partial charge on any atom is 0.216 e. The van der Waals surface area contributed by atoms with Gasteiger partial charge >= 0.3 is 0 Å². The largest absolute Gasteiger partial charge is 0.324 e. The highest BCUT2D eigenvalue weighted by atomic mass is 32.1. The van der Waals surface area contributed by atoms with Gasteiger partial charge in [-0.2, -0.15) is 0 Å². The predicted molar refractivity (Wildman–Crippen MR) is 77.7 cm³/mol. The van der Waals surface area contributed by atoms with Gasteiger partial charge in [-0.3, -0.25) is 4.57 Å². The standard InChI is InChI=1S/C14H20N4S/c1-8-5-10-11(15)6-14(3,4)7-12(10)18(8)13-17-16-9(2)19-13/h5,11H,6-7,15H2,1-4H3.